The van der Waals surface area contributed by atoms with Gasteiger partial charge < -0.3 is 14.7 Å². The van der Waals surface area contributed by atoms with Gasteiger partial charge in [0.2, 0.25) is 0 Å². The van der Waals surface area contributed by atoms with Gasteiger partial charge in [-0.25, -0.2) is 0 Å². The second-order valence-corrected chi connectivity index (χ2v) is 36.0. The van der Waals surface area contributed by atoms with Crippen LogP contribution in [0.1, 0.15) is 97.8 Å². The van der Waals surface area contributed by atoms with Crippen molar-refractivity contribution in [3.63, 3.8) is 0 Å². The van der Waals surface area contributed by atoms with Crippen LogP contribution in [0.25, 0.3) is 11.1 Å². The van der Waals surface area contributed by atoms with Crippen LogP contribution in [0, 0.1) is 0 Å². The Morgan fingerprint density at radius 2 is 1.07 bits per heavy atom. The van der Waals surface area contributed by atoms with E-state index < -0.39 is 16.1 Å². The van der Waals surface area contributed by atoms with Gasteiger partial charge in [0.25, 0.3) is 6.71 Å². The maximum atomic E-state index is 2.91. The molecule has 1 saturated carbocycles. The first-order valence-electron chi connectivity index (χ1n) is 26.3. The molecule has 0 aromatic heterocycles. The van der Waals surface area contributed by atoms with Gasteiger partial charge in [0.1, 0.15) is 0 Å². The maximum absolute atomic E-state index is 2.91. The minimum Gasteiger partial charge on any atom is -0.335 e. The Kier molecular flexibility index (Phi) is 10.7. The summed E-state index contributed by atoms with van der Waals surface area (Å²) in [5, 5.41) is 2.95. The molecule has 0 bridgehead atoms. The summed E-state index contributed by atoms with van der Waals surface area (Å²) in [4.78, 5) is 8.12. The number of hydrogen-bond acceptors (Lipinski definition) is 3. The normalized spacial score (nSPS) is 19.4. The number of benzene rings is 7. The highest BCUT2D eigenvalue weighted by Gasteiger charge is 2.61. The van der Waals surface area contributed by atoms with E-state index in [1.165, 1.54) is 119 Å². The minimum absolute atomic E-state index is 0.0256. The molecule has 1 aliphatic carbocycles. The maximum Gasteiger partial charge on any atom is 0.252 e. The molecule has 0 spiro atoms. The van der Waals surface area contributed by atoms with E-state index in [0.29, 0.717) is 0 Å². The molecule has 11 rings (SSSR count). The molecular weight excluding hydrogens is 878 g/mol. The summed E-state index contributed by atoms with van der Waals surface area (Å²) in [6.07, 6.45) is 4.79. The summed E-state index contributed by atoms with van der Waals surface area (Å²) in [5.41, 5.74) is 21.1. The summed E-state index contributed by atoms with van der Waals surface area (Å²) < 4.78 is 0. The summed E-state index contributed by atoms with van der Waals surface area (Å²) in [6, 6.07) is 57.8. The molecule has 3 heterocycles. The molecule has 0 radical (unpaired) electrons. The number of rotatable bonds is 7. The number of fused-ring (bicyclic) bond motifs is 7. The fourth-order valence-corrected chi connectivity index (χ4v) is 15.1. The van der Waals surface area contributed by atoms with Gasteiger partial charge in [-0.2, -0.15) is 0 Å². The highest BCUT2D eigenvalue weighted by molar-refractivity contribution is 7.00. The molecule has 2 unspecified atom stereocenters. The van der Waals surface area contributed by atoms with Gasteiger partial charge >= 0.3 is 0 Å². The second-order valence-electron chi connectivity index (χ2n) is 25.9. The highest BCUT2D eigenvalue weighted by Crippen LogP contribution is 2.63. The number of anilines is 8. The summed E-state index contributed by atoms with van der Waals surface area (Å²) in [7, 11) is -3.10. The first-order chi connectivity index (χ1) is 33.0. The number of nitrogens with zero attached hydrogens (tertiary/aromatic N) is 3. The quantitative estimate of drug-likeness (QED) is 0.147. The molecule has 2 atom stereocenters. The van der Waals surface area contributed by atoms with Crippen molar-refractivity contribution in [3.8, 4) is 11.1 Å². The Hall–Kier alpha value is -5.56. The van der Waals surface area contributed by atoms with Gasteiger partial charge in [0.05, 0.1) is 27.4 Å². The Bertz CT molecular complexity index is 3110. The van der Waals surface area contributed by atoms with E-state index in [-0.39, 0.29) is 28.5 Å². The first kappa shape index (κ1) is 46.8. The van der Waals surface area contributed by atoms with Gasteiger partial charge in [-0.15, -0.1) is 0 Å². The Balaban J connectivity index is 1.27. The molecule has 7 aromatic carbocycles. The third-order valence-electron chi connectivity index (χ3n) is 17.2. The van der Waals surface area contributed by atoms with E-state index in [0.717, 1.165) is 6.42 Å². The van der Waals surface area contributed by atoms with E-state index in [4.69, 9.17) is 0 Å². The van der Waals surface area contributed by atoms with Crippen molar-refractivity contribution < 1.29 is 0 Å². The fourth-order valence-electron chi connectivity index (χ4n) is 12.8. The Morgan fingerprint density at radius 1 is 0.514 bits per heavy atom. The van der Waals surface area contributed by atoms with Crippen molar-refractivity contribution in [2.24, 2.45) is 0 Å². The second kappa shape index (κ2) is 16.0. The molecular formula is C64H74BN3Si2. The average Bonchev–Trinajstić information content (AvgIpc) is 3.53. The molecule has 0 saturated heterocycles. The lowest BCUT2D eigenvalue weighted by atomic mass is 9.33. The van der Waals surface area contributed by atoms with Crippen molar-refractivity contribution >= 4 is 95.1 Å². The summed E-state index contributed by atoms with van der Waals surface area (Å²) in [6.45, 7) is 34.1. The van der Waals surface area contributed by atoms with Crippen molar-refractivity contribution in [2.45, 2.75) is 142 Å². The van der Waals surface area contributed by atoms with Crippen LogP contribution < -0.4 is 41.5 Å². The predicted octanol–water partition coefficient (Wildman–Crippen LogP) is 14.9. The van der Waals surface area contributed by atoms with Crippen LogP contribution in [0.5, 0.6) is 0 Å². The van der Waals surface area contributed by atoms with Crippen LogP contribution in [0.4, 0.5) is 45.5 Å². The molecule has 70 heavy (non-hydrogen) atoms. The van der Waals surface area contributed by atoms with E-state index >= 15 is 0 Å². The smallest absolute Gasteiger partial charge is 0.252 e. The molecule has 0 amide bonds. The van der Waals surface area contributed by atoms with Gasteiger partial charge in [-0.1, -0.05) is 196 Å². The highest BCUT2D eigenvalue weighted by atomic mass is 28.3. The van der Waals surface area contributed by atoms with Crippen molar-refractivity contribution in [2.75, 3.05) is 14.7 Å². The molecule has 3 aliphatic heterocycles. The lowest BCUT2D eigenvalue weighted by molar-refractivity contribution is 0.195. The number of hydrogen-bond donors (Lipinski definition) is 0. The molecule has 356 valence electrons. The molecule has 7 aromatic rings. The van der Waals surface area contributed by atoms with E-state index in [9.17, 15) is 0 Å². The van der Waals surface area contributed by atoms with Crippen LogP contribution in [0.15, 0.2) is 146 Å². The molecule has 6 heteroatoms. The molecule has 1 fully saturated rings. The zero-order valence-corrected chi connectivity index (χ0v) is 46.6. The van der Waals surface area contributed by atoms with Crippen LogP contribution in [0.2, 0.25) is 39.3 Å². The lowest BCUT2D eigenvalue weighted by Gasteiger charge is -2.53. The topological polar surface area (TPSA) is 9.72 Å². The zero-order valence-electron chi connectivity index (χ0n) is 44.6. The van der Waals surface area contributed by atoms with E-state index in [2.05, 4.69) is 255 Å². The largest absolute Gasteiger partial charge is 0.335 e. The zero-order chi connectivity index (χ0) is 49.5. The van der Waals surface area contributed by atoms with Gasteiger partial charge in [-0.3, -0.25) is 0 Å². The van der Waals surface area contributed by atoms with E-state index in [1.807, 2.05) is 0 Å². The lowest BCUT2D eigenvalue weighted by Crippen LogP contribution is -2.64. The molecule has 0 N–H and O–H groups in total. The van der Waals surface area contributed by atoms with E-state index in [1.54, 1.807) is 0 Å². The minimum atomic E-state index is -1.55. The summed E-state index contributed by atoms with van der Waals surface area (Å²) >= 11 is 0. The third-order valence-corrected chi connectivity index (χ3v) is 21.3. The molecule has 4 aliphatic rings. The van der Waals surface area contributed by atoms with Crippen LogP contribution in [-0.2, 0) is 16.2 Å². The Labute approximate surface area is 423 Å². The van der Waals surface area contributed by atoms with Crippen molar-refractivity contribution in [1.82, 2.24) is 0 Å². The standard InChI is InChI=1S/C64H74BN3Si2/c1-61(2,3)45-22-25-49(26-23-45)67-56-35-24-46(62(4,5)6)40-54(56)65-55-39-44(43-20-16-15-17-21-43)38-53-60(55)68(64(8)37-19-18-36-63(53,64)7)58-42-50(41-57(67)59(58)65)66(47-27-31-51(32-28-47)69(9,10)11)48-29-33-52(34-30-48)70(12,13)14/h15-17,20-35,38-42H,18-19,36-37H2,1-14H3. The monoisotopic (exact) mass is 952 g/mol. The SMILES string of the molecule is CC(C)(C)c1ccc(N2c3ccc(C(C)(C)C)cc3B3c4cc(-c5ccccc5)cc5c4N(c4cc(N(c6ccc([Si](C)(C)C)cc6)c6ccc([Si](C)(C)C)cc6)cc2c43)C2(C)CCCCC52C)cc1. The van der Waals surface area contributed by atoms with Crippen LogP contribution >= 0.6 is 0 Å². The first-order valence-corrected chi connectivity index (χ1v) is 33.3. The van der Waals surface area contributed by atoms with Crippen molar-refractivity contribution in [1.29, 1.82) is 0 Å². The van der Waals surface area contributed by atoms with Gasteiger partial charge in [0, 0.05) is 45.2 Å². The van der Waals surface area contributed by atoms with Crippen LogP contribution in [0.3, 0.4) is 0 Å². The fraction of sp³-hybridized carbons (Fsp3) is 0.344. The molecule has 3 nitrogen and oxygen atoms in total. The Morgan fingerprint density at radius 3 is 1.64 bits per heavy atom. The van der Waals surface area contributed by atoms with Crippen molar-refractivity contribution in [3.05, 3.63) is 162 Å². The summed E-state index contributed by atoms with van der Waals surface area (Å²) in [5.74, 6) is 0. The predicted molar refractivity (Wildman–Crippen MR) is 312 cm³/mol. The van der Waals surface area contributed by atoms with Gasteiger partial charge in [-0.05, 0) is 135 Å². The average molecular weight is 952 g/mol. The third kappa shape index (κ3) is 7.32. The van der Waals surface area contributed by atoms with Crippen LogP contribution in [-0.4, -0.2) is 28.4 Å². The van der Waals surface area contributed by atoms with Gasteiger partial charge in [0.15, 0.2) is 0 Å².